The summed E-state index contributed by atoms with van der Waals surface area (Å²) in [5.41, 5.74) is 8.35. The normalized spacial score (nSPS) is 15.1. The average molecular weight is 377 g/mol. The fourth-order valence-electron chi connectivity index (χ4n) is 4.52. The van der Waals surface area contributed by atoms with E-state index in [1.807, 2.05) is 0 Å². The van der Waals surface area contributed by atoms with Gasteiger partial charge in [-0.3, -0.25) is 0 Å². The van der Waals surface area contributed by atoms with E-state index in [0.29, 0.717) is 16.7 Å². The lowest BCUT2D eigenvalue weighted by molar-refractivity contribution is 0.229. The van der Waals surface area contributed by atoms with Gasteiger partial charge in [0.1, 0.15) is 0 Å². The zero-order chi connectivity index (χ0) is 20.4. The number of hydrogen-bond acceptors (Lipinski definition) is 0. The summed E-state index contributed by atoms with van der Waals surface area (Å²) in [6, 6.07) is 16.7. The summed E-state index contributed by atoms with van der Waals surface area (Å²) in [5.74, 6) is 0.609. The topological polar surface area (TPSA) is 0 Å². The van der Waals surface area contributed by atoms with Gasteiger partial charge in [0.2, 0.25) is 0 Å². The predicted octanol–water partition coefficient (Wildman–Crippen LogP) is 7.92. The van der Waals surface area contributed by atoms with Crippen molar-refractivity contribution in [2.24, 2.45) is 10.8 Å². The fourth-order valence-corrected chi connectivity index (χ4v) is 4.52. The van der Waals surface area contributed by atoms with Crippen LogP contribution in [0.3, 0.4) is 0 Å². The predicted molar refractivity (Wildman–Crippen MR) is 123 cm³/mol. The summed E-state index contributed by atoms with van der Waals surface area (Å²) in [4.78, 5) is 0. The van der Waals surface area contributed by atoms with Crippen LogP contribution in [0.5, 0.6) is 0 Å². The Balaban J connectivity index is 1.52. The van der Waals surface area contributed by atoms with Crippen LogP contribution >= 0.6 is 0 Å². The minimum absolute atomic E-state index is 0.297. The maximum Gasteiger partial charge on any atom is -0.0108 e. The number of unbranched alkanes of at least 4 members (excludes halogenated alkanes) is 1. The van der Waals surface area contributed by atoms with Crippen LogP contribution in [-0.2, 0) is 25.7 Å². The van der Waals surface area contributed by atoms with Gasteiger partial charge < -0.3 is 0 Å². The molecule has 0 fully saturated rings. The first-order valence-corrected chi connectivity index (χ1v) is 11.3. The molecule has 0 aromatic heterocycles. The maximum absolute atomic E-state index is 2.44. The molecule has 0 amide bonds. The lowest BCUT2D eigenvalue weighted by Gasteiger charge is -2.36. The van der Waals surface area contributed by atoms with Gasteiger partial charge in [-0.25, -0.2) is 0 Å². The van der Waals surface area contributed by atoms with Crippen LogP contribution in [0.4, 0.5) is 0 Å². The van der Waals surface area contributed by atoms with Crippen molar-refractivity contribution in [2.45, 2.75) is 92.4 Å². The number of rotatable bonds is 7. The highest BCUT2D eigenvalue weighted by Crippen LogP contribution is 2.43. The van der Waals surface area contributed by atoms with E-state index in [0.717, 1.165) is 0 Å². The Bertz CT molecular complexity index is 765. The van der Waals surface area contributed by atoms with E-state index in [-0.39, 0.29) is 0 Å². The molecular formula is C28H40. The van der Waals surface area contributed by atoms with Crippen LogP contribution in [0, 0.1) is 10.8 Å². The molecule has 0 aliphatic heterocycles. The summed E-state index contributed by atoms with van der Waals surface area (Å²) in [6.45, 7) is 14.2. The van der Waals surface area contributed by atoms with Gasteiger partial charge in [0, 0.05) is 0 Å². The summed E-state index contributed by atoms with van der Waals surface area (Å²) in [5, 5.41) is 0. The van der Waals surface area contributed by atoms with E-state index in [9.17, 15) is 0 Å². The standard InChI is InChI=1S/C28H40/c1-27(2,3)20-26(28(4,5)6)24-15-11-21(12-16-24)9-7-8-10-22-13-14-23-17-18-25(23)19-22/h11-16,19,26H,7-10,17-18,20H2,1-6H3. The van der Waals surface area contributed by atoms with Crippen molar-refractivity contribution in [1.29, 1.82) is 0 Å². The Labute approximate surface area is 173 Å². The molecule has 0 saturated heterocycles. The summed E-state index contributed by atoms with van der Waals surface area (Å²) in [6.07, 6.45) is 8.80. The van der Waals surface area contributed by atoms with Gasteiger partial charge in [-0.1, -0.05) is 84.0 Å². The molecule has 1 aliphatic carbocycles. The molecule has 0 heterocycles. The van der Waals surface area contributed by atoms with Gasteiger partial charge in [-0.15, -0.1) is 0 Å². The minimum Gasteiger partial charge on any atom is -0.0602 e. The van der Waals surface area contributed by atoms with Crippen molar-refractivity contribution < 1.29 is 0 Å². The van der Waals surface area contributed by atoms with Crippen LogP contribution in [0.15, 0.2) is 42.5 Å². The third kappa shape index (κ3) is 5.72. The fraction of sp³-hybridized carbons (Fsp3) is 0.571. The molecule has 0 spiro atoms. The summed E-state index contributed by atoms with van der Waals surface area (Å²) in [7, 11) is 0. The summed E-state index contributed by atoms with van der Waals surface area (Å²) < 4.78 is 0. The molecule has 28 heavy (non-hydrogen) atoms. The number of fused-ring (bicyclic) bond motifs is 1. The zero-order valence-electron chi connectivity index (χ0n) is 19.1. The van der Waals surface area contributed by atoms with E-state index < -0.39 is 0 Å². The Morgan fingerprint density at radius 2 is 1.29 bits per heavy atom. The maximum atomic E-state index is 2.44. The van der Waals surface area contributed by atoms with Gasteiger partial charge in [0.05, 0.1) is 0 Å². The second-order valence-electron chi connectivity index (χ2n) is 11.2. The largest absolute Gasteiger partial charge is 0.0602 e. The molecular weight excluding hydrogens is 336 g/mol. The molecule has 0 saturated carbocycles. The monoisotopic (exact) mass is 376 g/mol. The highest BCUT2D eigenvalue weighted by atomic mass is 14.3. The molecule has 0 radical (unpaired) electrons. The van der Waals surface area contributed by atoms with Crippen molar-refractivity contribution in [2.75, 3.05) is 0 Å². The van der Waals surface area contributed by atoms with E-state index in [1.165, 1.54) is 61.6 Å². The first-order valence-electron chi connectivity index (χ1n) is 11.3. The van der Waals surface area contributed by atoms with Crippen molar-refractivity contribution in [3.63, 3.8) is 0 Å². The van der Waals surface area contributed by atoms with Gasteiger partial charge in [-0.05, 0) is 89.5 Å². The van der Waals surface area contributed by atoms with Crippen LogP contribution in [0.25, 0.3) is 0 Å². The Hall–Kier alpha value is -1.56. The second kappa shape index (κ2) is 8.44. The van der Waals surface area contributed by atoms with E-state index in [1.54, 1.807) is 11.1 Å². The number of benzene rings is 2. The van der Waals surface area contributed by atoms with E-state index in [4.69, 9.17) is 0 Å². The third-order valence-electron chi connectivity index (χ3n) is 6.36. The highest BCUT2D eigenvalue weighted by Gasteiger charge is 2.30. The third-order valence-corrected chi connectivity index (χ3v) is 6.36. The first kappa shape index (κ1) is 21.2. The SMILES string of the molecule is CC(C)(C)CC(c1ccc(CCCCc2ccc3c(c2)CC3)cc1)C(C)(C)C. The molecule has 2 aromatic carbocycles. The Kier molecular flexibility index (Phi) is 6.37. The summed E-state index contributed by atoms with van der Waals surface area (Å²) >= 11 is 0. The van der Waals surface area contributed by atoms with Crippen LogP contribution < -0.4 is 0 Å². The van der Waals surface area contributed by atoms with Gasteiger partial charge in [0.25, 0.3) is 0 Å². The molecule has 1 atom stereocenters. The first-order chi connectivity index (χ1) is 13.1. The van der Waals surface area contributed by atoms with Crippen molar-refractivity contribution in [3.05, 3.63) is 70.3 Å². The van der Waals surface area contributed by atoms with Crippen molar-refractivity contribution >= 4 is 0 Å². The lowest BCUT2D eigenvalue weighted by atomic mass is 9.69. The lowest BCUT2D eigenvalue weighted by Crippen LogP contribution is -2.23. The highest BCUT2D eigenvalue weighted by molar-refractivity contribution is 5.38. The number of aryl methyl sites for hydroxylation is 4. The molecule has 1 aliphatic rings. The minimum atomic E-state index is 0.297. The zero-order valence-corrected chi connectivity index (χ0v) is 19.1. The molecule has 3 rings (SSSR count). The average Bonchev–Trinajstić information content (AvgIpc) is 2.58. The molecule has 1 unspecified atom stereocenters. The van der Waals surface area contributed by atoms with Gasteiger partial charge >= 0.3 is 0 Å². The van der Waals surface area contributed by atoms with E-state index in [2.05, 4.69) is 84.0 Å². The second-order valence-corrected chi connectivity index (χ2v) is 11.2. The van der Waals surface area contributed by atoms with Crippen molar-refractivity contribution in [3.8, 4) is 0 Å². The van der Waals surface area contributed by atoms with Gasteiger partial charge in [0.15, 0.2) is 0 Å². The van der Waals surface area contributed by atoms with Crippen LogP contribution in [0.1, 0.15) is 94.5 Å². The molecule has 152 valence electrons. The van der Waals surface area contributed by atoms with Crippen LogP contribution in [0.2, 0.25) is 0 Å². The smallest absolute Gasteiger partial charge is 0.0108 e. The quantitative estimate of drug-likeness (QED) is 0.430. The van der Waals surface area contributed by atoms with E-state index >= 15 is 0 Å². The Morgan fingerprint density at radius 3 is 1.79 bits per heavy atom. The molecule has 2 aromatic rings. The number of hydrogen-bond donors (Lipinski definition) is 0. The molecule has 0 heteroatoms. The van der Waals surface area contributed by atoms with Crippen LogP contribution in [-0.4, -0.2) is 0 Å². The van der Waals surface area contributed by atoms with Crippen molar-refractivity contribution in [1.82, 2.24) is 0 Å². The molecule has 0 nitrogen and oxygen atoms in total. The van der Waals surface area contributed by atoms with Gasteiger partial charge in [-0.2, -0.15) is 0 Å². The molecule has 0 bridgehead atoms. The Morgan fingerprint density at radius 1 is 0.714 bits per heavy atom. The molecule has 0 N–H and O–H groups in total.